The highest BCUT2D eigenvalue weighted by Crippen LogP contribution is 2.16. The fraction of sp³-hybridized carbons (Fsp3) is 0.300. The highest BCUT2D eigenvalue weighted by atomic mass is 32.2. The second-order valence-electron chi connectivity index (χ2n) is 3.66. The summed E-state index contributed by atoms with van der Waals surface area (Å²) in [4.78, 5) is 10.9. The Morgan fingerprint density at radius 1 is 1.44 bits per heavy atom. The van der Waals surface area contributed by atoms with Gasteiger partial charge in [0.15, 0.2) is 9.84 Å². The van der Waals surface area contributed by atoms with E-state index in [1.807, 2.05) is 0 Å². The molecule has 4 N–H and O–H groups in total. The molecule has 0 fully saturated rings. The Morgan fingerprint density at radius 3 is 2.56 bits per heavy atom. The maximum absolute atomic E-state index is 11.8. The smallest absolute Gasteiger partial charge is 0.221 e. The van der Waals surface area contributed by atoms with Crippen molar-refractivity contribution in [1.29, 1.82) is 0 Å². The first-order chi connectivity index (χ1) is 7.33. The van der Waals surface area contributed by atoms with Crippen molar-refractivity contribution in [3.05, 3.63) is 24.3 Å². The minimum absolute atomic E-state index is 0.112. The van der Waals surface area contributed by atoms with Crippen molar-refractivity contribution < 1.29 is 13.2 Å². The highest BCUT2D eigenvalue weighted by molar-refractivity contribution is 7.91. The maximum atomic E-state index is 11.8. The lowest BCUT2D eigenvalue weighted by molar-refractivity contribution is -0.120. The number of primary amides is 1. The second-order valence-corrected chi connectivity index (χ2v) is 5.69. The molecule has 88 valence electrons. The van der Waals surface area contributed by atoms with Gasteiger partial charge >= 0.3 is 0 Å². The van der Waals surface area contributed by atoms with Crippen LogP contribution in [0.25, 0.3) is 0 Å². The SMILES string of the molecule is CC(CS(=O)(=O)c1cccc(N)c1)C(N)=O. The van der Waals surface area contributed by atoms with Crippen LogP contribution in [-0.4, -0.2) is 20.1 Å². The molecular weight excluding hydrogens is 228 g/mol. The van der Waals surface area contributed by atoms with E-state index in [0.29, 0.717) is 5.69 Å². The Morgan fingerprint density at radius 2 is 2.06 bits per heavy atom. The number of benzene rings is 1. The minimum Gasteiger partial charge on any atom is -0.399 e. The zero-order valence-corrected chi connectivity index (χ0v) is 9.70. The topological polar surface area (TPSA) is 103 Å². The molecule has 0 heterocycles. The van der Waals surface area contributed by atoms with Crippen molar-refractivity contribution in [2.45, 2.75) is 11.8 Å². The second kappa shape index (κ2) is 4.52. The van der Waals surface area contributed by atoms with E-state index in [1.165, 1.54) is 19.1 Å². The number of nitrogen functional groups attached to an aromatic ring is 1. The summed E-state index contributed by atoms with van der Waals surface area (Å²) in [5.74, 6) is -1.65. The molecule has 1 atom stereocenters. The van der Waals surface area contributed by atoms with Gasteiger partial charge in [-0.25, -0.2) is 8.42 Å². The average Bonchev–Trinajstić information content (AvgIpc) is 2.17. The molecule has 1 unspecified atom stereocenters. The van der Waals surface area contributed by atoms with E-state index >= 15 is 0 Å². The lowest BCUT2D eigenvalue weighted by Crippen LogP contribution is -2.27. The van der Waals surface area contributed by atoms with Gasteiger partial charge in [0.2, 0.25) is 5.91 Å². The van der Waals surface area contributed by atoms with E-state index in [2.05, 4.69) is 0 Å². The van der Waals surface area contributed by atoms with E-state index in [-0.39, 0.29) is 10.6 Å². The number of carbonyl (C=O) groups is 1. The standard InChI is InChI=1S/C10H14N2O3S/c1-7(10(12)13)6-16(14,15)9-4-2-3-8(11)5-9/h2-5,7H,6,11H2,1H3,(H2,12,13). The lowest BCUT2D eigenvalue weighted by atomic mass is 10.2. The van der Waals surface area contributed by atoms with Crippen molar-refractivity contribution in [2.75, 3.05) is 11.5 Å². The Labute approximate surface area is 94.4 Å². The van der Waals surface area contributed by atoms with Crippen molar-refractivity contribution in [2.24, 2.45) is 11.7 Å². The van der Waals surface area contributed by atoms with Gasteiger partial charge in [-0.05, 0) is 18.2 Å². The van der Waals surface area contributed by atoms with Gasteiger partial charge in [-0.2, -0.15) is 0 Å². The molecule has 1 aromatic rings. The molecule has 0 aliphatic carbocycles. The van der Waals surface area contributed by atoms with Crippen LogP contribution < -0.4 is 11.5 Å². The van der Waals surface area contributed by atoms with E-state index in [1.54, 1.807) is 12.1 Å². The van der Waals surface area contributed by atoms with Gasteiger partial charge in [0.25, 0.3) is 0 Å². The van der Waals surface area contributed by atoms with Crippen LogP contribution in [0.4, 0.5) is 5.69 Å². The van der Waals surface area contributed by atoms with Crippen LogP contribution in [0.1, 0.15) is 6.92 Å². The summed E-state index contributed by atoms with van der Waals surface area (Å²) in [7, 11) is -3.51. The summed E-state index contributed by atoms with van der Waals surface area (Å²) >= 11 is 0. The number of amides is 1. The van der Waals surface area contributed by atoms with Crippen LogP contribution in [-0.2, 0) is 14.6 Å². The van der Waals surface area contributed by atoms with Gasteiger partial charge in [0.05, 0.1) is 10.6 Å². The molecule has 0 radical (unpaired) electrons. The number of carbonyl (C=O) groups excluding carboxylic acids is 1. The largest absolute Gasteiger partial charge is 0.399 e. The molecule has 0 spiro atoms. The van der Waals surface area contributed by atoms with Gasteiger partial charge in [-0.15, -0.1) is 0 Å². The quantitative estimate of drug-likeness (QED) is 0.734. The first-order valence-electron chi connectivity index (χ1n) is 4.70. The fourth-order valence-corrected chi connectivity index (χ4v) is 2.83. The molecular formula is C10H14N2O3S. The predicted molar refractivity (Wildman–Crippen MR) is 61.3 cm³/mol. The van der Waals surface area contributed by atoms with Gasteiger partial charge < -0.3 is 11.5 Å². The zero-order valence-electron chi connectivity index (χ0n) is 8.88. The number of sulfone groups is 1. The number of anilines is 1. The Balaban J connectivity index is 2.99. The van der Waals surface area contributed by atoms with Crippen LogP contribution in [0.3, 0.4) is 0 Å². The van der Waals surface area contributed by atoms with E-state index in [4.69, 9.17) is 11.5 Å². The summed E-state index contributed by atoms with van der Waals surface area (Å²) in [5, 5.41) is 0. The van der Waals surface area contributed by atoms with Crippen LogP contribution in [0, 0.1) is 5.92 Å². The van der Waals surface area contributed by atoms with Crippen molar-refractivity contribution in [3.8, 4) is 0 Å². The lowest BCUT2D eigenvalue weighted by Gasteiger charge is -2.08. The summed E-state index contributed by atoms with van der Waals surface area (Å²) in [5.41, 5.74) is 10.9. The molecule has 0 aliphatic rings. The molecule has 0 aliphatic heterocycles. The van der Waals surface area contributed by atoms with Gasteiger partial charge in [-0.1, -0.05) is 13.0 Å². The molecule has 0 saturated heterocycles. The number of hydrogen-bond donors (Lipinski definition) is 2. The van der Waals surface area contributed by atoms with E-state index in [0.717, 1.165) is 0 Å². The molecule has 0 aromatic heterocycles. The highest BCUT2D eigenvalue weighted by Gasteiger charge is 2.21. The normalized spacial score (nSPS) is 13.3. The predicted octanol–water partition coefficient (Wildman–Crippen LogP) is 0.164. The summed E-state index contributed by atoms with van der Waals surface area (Å²) < 4.78 is 23.7. The average molecular weight is 242 g/mol. The Hall–Kier alpha value is -1.56. The third-order valence-corrected chi connectivity index (χ3v) is 4.08. The Bertz CT molecular complexity index is 497. The third kappa shape index (κ3) is 2.96. The number of rotatable bonds is 4. The molecule has 1 rings (SSSR count). The molecule has 1 amide bonds. The van der Waals surface area contributed by atoms with Crippen LogP contribution in [0.5, 0.6) is 0 Å². The summed E-state index contributed by atoms with van der Waals surface area (Å²) in [6.45, 7) is 1.48. The molecule has 1 aromatic carbocycles. The molecule has 5 nitrogen and oxygen atoms in total. The van der Waals surface area contributed by atoms with E-state index < -0.39 is 21.7 Å². The van der Waals surface area contributed by atoms with Gasteiger partial charge in [0.1, 0.15) is 0 Å². The van der Waals surface area contributed by atoms with Crippen LogP contribution >= 0.6 is 0 Å². The molecule has 16 heavy (non-hydrogen) atoms. The van der Waals surface area contributed by atoms with Crippen molar-refractivity contribution in [1.82, 2.24) is 0 Å². The van der Waals surface area contributed by atoms with Gasteiger partial charge in [0, 0.05) is 11.6 Å². The van der Waals surface area contributed by atoms with Crippen LogP contribution in [0.2, 0.25) is 0 Å². The number of hydrogen-bond acceptors (Lipinski definition) is 4. The molecule has 0 saturated carbocycles. The fourth-order valence-electron chi connectivity index (χ4n) is 1.22. The molecule has 0 bridgehead atoms. The Kier molecular flexibility index (Phi) is 3.54. The summed E-state index contributed by atoms with van der Waals surface area (Å²) in [6, 6.07) is 5.95. The first-order valence-corrected chi connectivity index (χ1v) is 6.36. The number of nitrogens with two attached hydrogens (primary N) is 2. The summed E-state index contributed by atoms with van der Waals surface area (Å²) in [6.07, 6.45) is 0. The van der Waals surface area contributed by atoms with E-state index in [9.17, 15) is 13.2 Å². The minimum atomic E-state index is -3.51. The molecule has 6 heteroatoms. The first kappa shape index (κ1) is 12.5. The zero-order chi connectivity index (χ0) is 12.3. The third-order valence-electron chi connectivity index (χ3n) is 2.17. The van der Waals surface area contributed by atoms with Crippen molar-refractivity contribution in [3.63, 3.8) is 0 Å². The monoisotopic (exact) mass is 242 g/mol. The van der Waals surface area contributed by atoms with Crippen LogP contribution in [0.15, 0.2) is 29.2 Å². The maximum Gasteiger partial charge on any atom is 0.221 e. The van der Waals surface area contributed by atoms with Gasteiger partial charge in [-0.3, -0.25) is 4.79 Å². The van der Waals surface area contributed by atoms with Crippen molar-refractivity contribution >= 4 is 21.4 Å².